The maximum absolute atomic E-state index is 11.9. The van der Waals surface area contributed by atoms with Crippen LogP contribution in [0, 0.1) is 5.41 Å². The van der Waals surface area contributed by atoms with E-state index in [1.54, 1.807) is 0 Å². The molecule has 1 fully saturated rings. The summed E-state index contributed by atoms with van der Waals surface area (Å²) in [5.41, 5.74) is 7.28. The Labute approximate surface area is 102 Å². The van der Waals surface area contributed by atoms with E-state index in [2.05, 4.69) is 5.32 Å². The standard InChI is InChI=1S/C13H19N3O/c1-16(2)11-5-3-10(4-6-11)15-12(17)13(9-14)7-8-13/h3-6H,7-9,14H2,1-2H3,(H,15,17). The van der Waals surface area contributed by atoms with Crippen LogP contribution in [-0.2, 0) is 4.79 Å². The Morgan fingerprint density at radius 2 is 1.94 bits per heavy atom. The van der Waals surface area contributed by atoms with Gasteiger partial charge in [-0.2, -0.15) is 0 Å². The maximum Gasteiger partial charge on any atom is 0.231 e. The van der Waals surface area contributed by atoms with E-state index < -0.39 is 0 Å². The molecule has 0 spiro atoms. The van der Waals surface area contributed by atoms with Gasteiger partial charge in [0.2, 0.25) is 5.91 Å². The fourth-order valence-electron chi connectivity index (χ4n) is 1.78. The van der Waals surface area contributed by atoms with Crippen LogP contribution >= 0.6 is 0 Å². The molecule has 1 aliphatic carbocycles. The number of benzene rings is 1. The second-order valence-corrected chi connectivity index (χ2v) is 4.88. The molecule has 17 heavy (non-hydrogen) atoms. The van der Waals surface area contributed by atoms with Gasteiger partial charge in [0.15, 0.2) is 0 Å². The van der Waals surface area contributed by atoms with Crippen molar-refractivity contribution in [2.75, 3.05) is 30.9 Å². The molecule has 4 nitrogen and oxygen atoms in total. The van der Waals surface area contributed by atoms with Crippen molar-refractivity contribution < 1.29 is 4.79 Å². The molecular weight excluding hydrogens is 214 g/mol. The summed E-state index contributed by atoms with van der Waals surface area (Å²) in [7, 11) is 3.97. The number of anilines is 2. The van der Waals surface area contributed by atoms with Crippen molar-refractivity contribution in [3.05, 3.63) is 24.3 Å². The van der Waals surface area contributed by atoms with Crippen LogP contribution in [0.25, 0.3) is 0 Å². The Morgan fingerprint density at radius 3 is 2.35 bits per heavy atom. The quantitative estimate of drug-likeness (QED) is 0.827. The average molecular weight is 233 g/mol. The van der Waals surface area contributed by atoms with Crippen LogP contribution in [-0.4, -0.2) is 26.5 Å². The molecule has 0 radical (unpaired) electrons. The largest absolute Gasteiger partial charge is 0.378 e. The first-order chi connectivity index (χ1) is 8.07. The molecular formula is C13H19N3O. The molecule has 0 atom stereocenters. The summed E-state index contributed by atoms with van der Waals surface area (Å²) in [6.45, 7) is 0.439. The van der Waals surface area contributed by atoms with Crippen molar-refractivity contribution in [2.24, 2.45) is 11.1 Å². The van der Waals surface area contributed by atoms with Gasteiger partial charge in [-0.05, 0) is 37.1 Å². The molecule has 1 amide bonds. The average Bonchev–Trinajstić information content (AvgIpc) is 3.10. The Balaban J connectivity index is 2.02. The lowest BCUT2D eigenvalue weighted by Crippen LogP contribution is -2.30. The van der Waals surface area contributed by atoms with E-state index in [1.165, 1.54) is 0 Å². The Morgan fingerprint density at radius 1 is 1.35 bits per heavy atom. The van der Waals surface area contributed by atoms with Crippen LogP contribution in [0.1, 0.15) is 12.8 Å². The van der Waals surface area contributed by atoms with Crippen molar-refractivity contribution >= 4 is 17.3 Å². The third kappa shape index (κ3) is 2.42. The minimum absolute atomic E-state index is 0.0533. The lowest BCUT2D eigenvalue weighted by Gasteiger charge is -2.15. The van der Waals surface area contributed by atoms with E-state index in [4.69, 9.17) is 5.73 Å². The summed E-state index contributed by atoms with van der Waals surface area (Å²) in [6, 6.07) is 7.80. The van der Waals surface area contributed by atoms with Crippen molar-refractivity contribution in [3.63, 3.8) is 0 Å². The van der Waals surface area contributed by atoms with E-state index in [9.17, 15) is 4.79 Å². The van der Waals surface area contributed by atoms with Gasteiger partial charge in [-0.3, -0.25) is 4.79 Å². The molecule has 0 bridgehead atoms. The highest BCUT2D eigenvalue weighted by Gasteiger charge is 2.48. The van der Waals surface area contributed by atoms with Crippen molar-refractivity contribution in [1.82, 2.24) is 0 Å². The molecule has 0 aliphatic heterocycles. The molecule has 92 valence electrons. The predicted molar refractivity (Wildman–Crippen MR) is 70.1 cm³/mol. The molecule has 0 saturated heterocycles. The molecule has 0 heterocycles. The molecule has 3 N–H and O–H groups in total. The van der Waals surface area contributed by atoms with E-state index in [0.29, 0.717) is 6.54 Å². The Bertz CT molecular complexity index is 407. The number of nitrogens with one attached hydrogen (secondary N) is 1. The maximum atomic E-state index is 11.9. The summed E-state index contributed by atoms with van der Waals surface area (Å²) >= 11 is 0. The van der Waals surface area contributed by atoms with E-state index in [0.717, 1.165) is 24.2 Å². The van der Waals surface area contributed by atoms with Crippen LogP contribution in [0.5, 0.6) is 0 Å². The number of rotatable bonds is 4. The monoisotopic (exact) mass is 233 g/mol. The van der Waals surface area contributed by atoms with Gasteiger partial charge in [0.25, 0.3) is 0 Å². The van der Waals surface area contributed by atoms with Crippen LogP contribution in [0.2, 0.25) is 0 Å². The van der Waals surface area contributed by atoms with Crippen LogP contribution in [0.3, 0.4) is 0 Å². The van der Waals surface area contributed by atoms with Crippen LogP contribution in [0.15, 0.2) is 24.3 Å². The zero-order valence-electron chi connectivity index (χ0n) is 10.4. The number of carbonyl (C=O) groups excluding carboxylic acids is 1. The molecule has 2 rings (SSSR count). The van der Waals surface area contributed by atoms with Gasteiger partial charge >= 0.3 is 0 Å². The molecule has 1 aliphatic rings. The minimum Gasteiger partial charge on any atom is -0.378 e. The summed E-state index contributed by atoms with van der Waals surface area (Å²) in [5.74, 6) is 0.0533. The number of nitrogens with zero attached hydrogens (tertiary/aromatic N) is 1. The summed E-state index contributed by atoms with van der Waals surface area (Å²) in [5, 5.41) is 2.92. The number of nitrogens with two attached hydrogens (primary N) is 1. The molecule has 1 aromatic rings. The van der Waals surface area contributed by atoms with E-state index >= 15 is 0 Å². The van der Waals surface area contributed by atoms with Gasteiger partial charge in [0.05, 0.1) is 5.41 Å². The Hall–Kier alpha value is -1.55. The van der Waals surface area contributed by atoms with Crippen LogP contribution < -0.4 is 16.0 Å². The SMILES string of the molecule is CN(C)c1ccc(NC(=O)C2(CN)CC2)cc1. The van der Waals surface area contributed by atoms with Crippen molar-refractivity contribution in [2.45, 2.75) is 12.8 Å². The first-order valence-electron chi connectivity index (χ1n) is 5.86. The fourth-order valence-corrected chi connectivity index (χ4v) is 1.78. The van der Waals surface area contributed by atoms with Gasteiger partial charge in [-0.15, -0.1) is 0 Å². The lowest BCUT2D eigenvalue weighted by atomic mass is 10.1. The highest BCUT2D eigenvalue weighted by atomic mass is 16.2. The van der Waals surface area contributed by atoms with Gasteiger partial charge in [0.1, 0.15) is 0 Å². The smallest absolute Gasteiger partial charge is 0.231 e. The van der Waals surface area contributed by atoms with E-state index in [1.807, 2.05) is 43.3 Å². The predicted octanol–water partition coefficient (Wildman–Crippen LogP) is 1.43. The van der Waals surface area contributed by atoms with Crippen LogP contribution in [0.4, 0.5) is 11.4 Å². The molecule has 0 aromatic heterocycles. The third-order valence-electron chi connectivity index (χ3n) is 3.37. The summed E-state index contributed by atoms with van der Waals surface area (Å²) in [4.78, 5) is 14.0. The fraction of sp³-hybridized carbons (Fsp3) is 0.462. The summed E-state index contributed by atoms with van der Waals surface area (Å²) in [6.07, 6.45) is 1.82. The molecule has 1 aromatic carbocycles. The molecule has 1 saturated carbocycles. The highest BCUT2D eigenvalue weighted by molar-refractivity contribution is 5.97. The highest BCUT2D eigenvalue weighted by Crippen LogP contribution is 2.45. The zero-order valence-corrected chi connectivity index (χ0v) is 10.4. The second kappa shape index (κ2) is 4.37. The van der Waals surface area contributed by atoms with Gasteiger partial charge < -0.3 is 16.0 Å². The first kappa shape index (κ1) is 11.9. The number of hydrogen-bond acceptors (Lipinski definition) is 3. The lowest BCUT2D eigenvalue weighted by molar-refractivity contribution is -0.120. The van der Waals surface area contributed by atoms with Gasteiger partial charge in [-0.1, -0.05) is 0 Å². The minimum atomic E-state index is -0.291. The van der Waals surface area contributed by atoms with Gasteiger partial charge in [0, 0.05) is 32.0 Å². The number of amides is 1. The second-order valence-electron chi connectivity index (χ2n) is 4.88. The molecule has 0 unspecified atom stereocenters. The number of carbonyl (C=O) groups is 1. The first-order valence-corrected chi connectivity index (χ1v) is 5.86. The summed E-state index contributed by atoms with van der Waals surface area (Å²) < 4.78 is 0. The van der Waals surface area contributed by atoms with Gasteiger partial charge in [-0.25, -0.2) is 0 Å². The van der Waals surface area contributed by atoms with Crippen molar-refractivity contribution in [1.29, 1.82) is 0 Å². The third-order valence-corrected chi connectivity index (χ3v) is 3.37. The van der Waals surface area contributed by atoms with E-state index in [-0.39, 0.29) is 11.3 Å². The molecule has 4 heteroatoms. The number of hydrogen-bond donors (Lipinski definition) is 2. The Kier molecular flexibility index (Phi) is 3.07. The van der Waals surface area contributed by atoms with Crippen molar-refractivity contribution in [3.8, 4) is 0 Å². The topological polar surface area (TPSA) is 58.4 Å². The zero-order chi connectivity index (χ0) is 12.5. The normalized spacial score (nSPS) is 16.4.